The Kier molecular flexibility index (Phi) is 5.96. The van der Waals surface area contributed by atoms with Gasteiger partial charge >= 0.3 is 0 Å². The van der Waals surface area contributed by atoms with Crippen molar-refractivity contribution in [2.45, 2.75) is 44.7 Å². The first kappa shape index (κ1) is 16.4. The first-order valence-electron chi connectivity index (χ1n) is 6.40. The summed E-state index contributed by atoms with van der Waals surface area (Å²) in [5, 5.41) is 11.2. The number of amidine groups is 1. The van der Waals surface area contributed by atoms with Gasteiger partial charge in [-0.05, 0) is 26.7 Å². The molecule has 8 nitrogen and oxygen atoms in total. The molecule has 0 aliphatic rings. The predicted molar refractivity (Wildman–Crippen MR) is 75.1 cm³/mol. The van der Waals surface area contributed by atoms with Crippen molar-refractivity contribution in [1.82, 2.24) is 14.3 Å². The summed E-state index contributed by atoms with van der Waals surface area (Å²) in [5.74, 6) is 0.810. The van der Waals surface area contributed by atoms with Gasteiger partial charge in [-0.15, -0.1) is 0 Å². The minimum absolute atomic E-state index is 0.0354. The highest BCUT2D eigenvalue weighted by molar-refractivity contribution is 7.89. The van der Waals surface area contributed by atoms with Gasteiger partial charge in [-0.2, -0.15) is 0 Å². The second kappa shape index (κ2) is 7.25. The fourth-order valence-electron chi connectivity index (χ4n) is 1.69. The molecule has 0 unspecified atom stereocenters. The lowest BCUT2D eigenvalue weighted by Crippen LogP contribution is -2.25. The van der Waals surface area contributed by atoms with Crippen LogP contribution in [0.1, 0.15) is 32.0 Å². The standard InChI is InChI=1S/C11H21N5O3S/c1-3-16-8-11(14-9(16)2)20(18,19)13-7-5-4-6-10(12)15-17/h8,13,17H,3-7H2,1-2H3,(H2,12,15). The van der Waals surface area contributed by atoms with Gasteiger partial charge in [0.25, 0.3) is 10.0 Å². The number of nitrogens with zero attached hydrogens (tertiary/aromatic N) is 3. The number of oxime groups is 1. The van der Waals surface area contributed by atoms with Crippen LogP contribution in [0.5, 0.6) is 0 Å². The van der Waals surface area contributed by atoms with Gasteiger partial charge < -0.3 is 15.5 Å². The van der Waals surface area contributed by atoms with E-state index in [2.05, 4.69) is 14.9 Å². The maximum absolute atomic E-state index is 12.0. The van der Waals surface area contributed by atoms with Gasteiger partial charge in [-0.1, -0.05) is 5.16 Å². The first-order valence-corrected chi connectivity index (χ1v) is 7.89. The summed E-state index contributed by atoms with van der Waals surface area (Å²) in [7, 11) is -3.57. The summed E-state index contributed by atoms with van der Waals surface area (Å²) >= 11 is 0. The molecule has 0 saturated heterocycles. The van der Waals surface area contributed by atoms with Crippen molar-refractivity contribution in [2.75, 3.05) is 6.54 Å². The highest BCUT2D eigenvalue weighted by Gasteiger charge is 2.18. The number of aryl methyl sites for hydroxylation is 2. The topological polar surface area (TPSA) is 123 Å². The maximum atomic E-state index is 12.0. The van der Waals surface area contributed by atoms with Crippen molar-refractivity contribution >= 4 is 15.9 Å². The quantitative estimate of drug-likeness (QED) is 0.211. The minimum atomic E-state index is -3.57. The Morgan fingerprint density at radius 2 is 2.25 bits per heavy atom. The van der Waals surface area contributed by atoms with Crippen LogP contribution in [0, 0.1) is 6.92 Å². The molecule has 4 N–H and O–H groups in total. The Labute approximate surface area is 118 Å². The molecule has 0 bridgehead atoms. The van der Waals surface area contributed by atoms with Crippen LogP contribution in [0.15, 0.2) is 16.4 Å². The zero-order chi connectivity index (χ0) is 15.2. The van der Waals surface area contributed by atoms with E-state index in [1.807, 2.05) is 6.92 Å². The maximum Gasteiger partial charge on any atom is 0.259 e. The Balaban J connectivity index is 2.49. The number of imidazole rings is 1. The lowest BCUT2D eigenvalue weighted by molar-refractivity contribution is 0.316. The lowest BCUT2D eigenvalue weighted by atomic mass is 10.2. The molecule has 0 spiro atoms. The van der Waals surface area contributed by atoms with E-state index in [4.69, 9.17) is 10.9 Å². The van der Waals surface area contributed by atoms with E-state index < -0.39 is 10.0 Å². The summed E-state index contributed by atoms with van der Waals surface area (Å²) in [5.41, 5.74) is 5.32. The van der Waals surface area contributed by atoms with Crippen molar-refractivity contribution < 1.29 is 13.6 Å². The number of unbranched alkanes of at least 4 members (excludes halogenated alkanes) is 1. The molecule has 0 saturated carbocycles. The van der Waals surface area contributed by atoms with Gasteiger partial charge in [0.05, 0.1) is 0 Å². The van der Waals surface area contributed by atoms with Crippen LogP contribution in [0.3, 0.4) is 0 Å². The number of nitrogens with two attached hydrogens (primary N) is 1. The average molecular weight is 303 g/mol. The molecular weight excluding hydrogens is 282 g/mol. The number of hydrogen-bond acceptors (Lipinski definition) is 5. The number of nitrogens with one attached hydrogen (secondary N) is 1. The van der Waals surface area contributed by atoms with Crippen molar-refractivity contribution in [3.8, 4) is 0 Å². The molecule has 0 aromatic carbocycles. The van der Waals surface area contributed by atoms with Crippen molar-refractivity contribution in [3.63, 3.8) is 0 Å². The third kappa shape index (κ3) is 4.49. The molecule has 0 radical (unpaired) electrons. The van der Waals surface area contributed by atoms with Gasteiger partial charge in [0.1, 0.15) is 11.7 Å². The zero-order valence-electron chi connectivity index (χ0n) is 11.7. The highest BCUT2D eigenvalue weighted by atomic mass is 32.2. The summed E-state index contributed by atoms with van der Waals surface area (Å²) in [6, 6.07) is 0. The molecule has 1 rings (SSSR count). The van der Waals surface area contributed by atoms with Crippen LogP contribution in [-0.2, 0) is 16.6 Å². The monoisotopic (exact) mass is 303 g/mol. The van der Waals surface area contributed by atoms with Gasteiger partial charge in [-0.25, -0.2) is 18.1 Å². The van der Waals surface area contributed by atoms with Gasteiger partial charge in [0.15, 0.2) is 5.03 Å². The molecule has 9 heteroatoms. The van der Waals surface area contributed by atoms with E-state index in [-0.39, 0.29) is 10.9 Å². The zero-order valence-corrected chi connectivity index (χ0v) is 12.5. The summed E-state index contributed by atoms with van der Waals surface area (Å²) in [6.07, 6.45) is 3.19. The van der Waals surface area contributed by atoms with Crippen LogP contribution in [-0.4, -0.2) is 35.6 Å². The van der Waals surface area contributed by atoms with Crippen LogP contribution < -0.4 is 10.5 Å². The van der Waals surface area contributed by atoms with Crippen molar-refractivity contribution in [3.05, 3.63) is 12.0 Å². The molecule has 0 aliphatic heterocycles. The molecule has 0 atom stereocenters. The fraction of sp³-hybridized carbons (Fsp3) is 0.636. The molecule has 0 fully saturated rings. The minimum Gasteiger partial charge on any atom is -0.409 e. The SMILES string of the molecule is CCn1cc(S(=O)(=O)NCCCCC(N)=NO)nc1C. The van der Waals surface area contributed by atoms with E-state index in [0.717, 1.165) is 0 Å². The second-order valence-electron chi connectivity index (χ2n) is 4.36. The smallest absolute Gasteiger partial charge is 0.259 e. The Morgan fingerprint density at radius 1 is 1.55 bits per heavy atom. The third-order valence-electron chi connectivity index (χ3n) is 2.85. The number of sulfonamides is 1. The van der Waals surface area contributed by atoms with Gasteiger partial charge in [-0.3, -0.25) is 0 Å². The molecule has 20 heavy (non-hydrogen) atoms. The van der Waals surface area contributed by atoms with E-state index in [0.29, 0.717) is 38.2 Å². The molecular formula is C11H21N5O3S. The van der Waals surface area contributed by atoms with Crippen LogP contribution >= 0.6 is 0 Å². The molecule has 114 valence electrons. The molecule has 0 amide bonds. The van der Waals surface area contributed by atoms with E-state index in [1.54, 1.807) is 11.5 Å². The first-order chi connectivity index (χ1) is 9.40. The van der Waals surface area contributed by atoms with Crippen LogP contribution in [0.2, 0.25) is 0 Å². The Morgan fingerprint density at radius 3 is 2.80 bits per heavy atom. The molecule has 1 aromatic rings. The fourth-order valence-corrected chi connectivity index (χ4v) is 2.77. The third-order valence-corrected chi connectivity index (χ3v) is 4.18. The second-order valence-corrected chi connectivity index (χ2v) is 6.07. The Bertz CT molecular complexity index is 565. The number of rotatable bonds is 8. The van der Waals surface area contributed by atoms with Gasteiger partial charge in [0.2, 0.25) is 0 Å². The van der Waals surface area contributed by atoms with E-state index in [9.17, 15) is 8.42 Å². The number of hydrogen-bond donors (Lipinski definition) is 3. The largest absolute Gasteiger partial charge is 0.409 e. The van der Waals surface area contributed by atoms with Crippen molar-refractivity contribution in [2.24, 2.45) is 10.9 Å². The predicted octanol–water partition coefficient (Wildman–Crippen LogP) is 0.406. The van der Waals surface area contributed by atoms with Crippen LogP contribution in [0.4, 0.5) is 0 Å². The highest BCUT2D eigenvalue weighted by Crippen LogP contribution is 2.09. The lowest BCUT2D eigenvalue weighted by Gasteiger charge is -2.03. The van der Waals surface area contributed by atoms with E-state index >= 15 is 0 Å². The summed E-state index contributed by atoms with van der Waals surface area (Å²) in [4.78, 5) is 4.03. The summed E-state index contributed by atoms with van der Waals surface area (Å²) < 4.78 is 28.2. The number of aromatic nitrogens is 2. The summed E-state index contributed by atoms with van der Waals surface area (Å²) in [6.45, 7) is 4.65. The molecule has 0 aliphatic carbocycles. The van der Waals surface area contributed by atoms with E-state index in [1.165, 1.54) is 6.20 Å². The van der Waals surface area contributed by atoms with Crippen molar-refractivity contribution in [1.29, 1.82) is 0 Å². The average Bonchev–Trinajstić information content (AvgIpc) is 2.80. The Hall–Kier alpha value is -1.61. The van der Waals surface area contributed by atoms with Gasteiger partial charge in [0, 0.05) is 25.7 Å². The normalized spacial score (nSPS) is 12.8. The molecule has 1 aromatic heterocycles. The van der Waals surface area contributed by atoms with Crippen LogP contribution in [0.25, 0.3) is 0 Å². The molecule has 1 heterocycles.